The van der Waals surface area contributed by atoms with Crippen LogP contribution in [0.15, 0.2) is 12.4 Å². The summed E-state index contributed by atoms with van der Waals surface area (Å²) in [6.45, 7) is 8.45. The zero-order chi connectivity index (χ0) is 13.7. The molecule has 0 spiro atoms. The van der Waals surface area contributed by atoms with Gasteiger partial charge in [0.25, 0.3) is 0 Å². The number of aliphatic hydroxyl groups is 1. The highest BCUT2D eigenvalue weighted by Crippen LogP contribution is 2.19. The van der Waals surface area contributed by atoms with Crippen LogP contribution in [0.25, 0.3) is 0 Å². The Morgan fingerprint density at radius 3 is 2.79 bits per heavy atom. The molecule has 2 rings (SSSR count). The molecule has 0 saturated carbocycles. The van der Waals surface area contributed by atoms with Gasteiger partial charge in [-0.25, -0.2) is 0 Å². The zero-order valence-corrected chi connectivity index (χ0v) is 12.3. The van der Waals surface area contributed by atoms with Gasteiger partial charge in [-0.05, 0) is 57.7 Å². The number of nitrogens with zero attached hydrogens (tertiary/aromatic N) is 3. The fraction of sp³-hybridized carbons (Fsp3) is 0.800. The van der Waals surface area contributed by atoms with Gasteiger partial charge in [0.1, 0.15) is 0 Å². The number of likely N-dealkylation sites (tertiary alicyclic amines) is 1. The Bertz CT molecular complexity index is 375. The zero-order valence-electron chi connectivity index (χ0n) is 12.3. The van der Waals surface area contributed by atoms with Crippen LogP contribution in [-0.2, 0) is 6.54 Å². The molecule has 2 unspecified atom stereocenters. The summed E-state index contributed by atoms with van der Waals surface area (Å²) >= 11 is 0. The van der Waals surface area contributed by atoms with Gasteiger partial charge in [0, 0.05) is 19.3 Å². The second kappa shape index (κ2) is 7.06. The molecule has 0 aromatic carbocycles. The lowest BCUT2D eigenvalue weighted by atomic mass is 10.0. The van der Waals surface area contributed by atoms with Crippen LogP contribution in [0, 0.1) is 12.8 Å². The Kier molecular flexibility index (Phi) is 5.40. The van der Waals surface area contributed by atoms with Gasteiger partial charge in [-0.15, -0.1) is 0 Å². The number of hydrogen-bond acceptors (Lipinski definition) is 3. The van der Waals surface area contributed by atoms with Gasteiger partial charge < -0.3 is 10.0 Å². The third kappa shape index (κ3) is 4.62. The minimum atomic E-state index is -0.145. The molecule has 2 atom stereocenters. The molecular formula is C15H27N3O. The molecule has 1 saturated heterocycles. The van der Waals surface area contributed by atoms with Crippen LogP contribution in [0.3, 0.4) is 0 Å². The largest absolute Gasteiger partial charge is 0.393 e. The second-order valence-electron chi connectivity index (χ2n) is 5.93. The van der Waals surface area contributed by atoms with Crippen LogP contribution >= 0.6 is 0 Å². The maximum absolute atomic E-state index is 9.57. The van der Waals surface area contributed by atoms with Gasteiger partial charge in [-0.3, -0.25) is 4.68 Å². The molecule has 1 aromatic heterocycles. The average Bonchev–Trinajstić information content (AvgIpc) is 2.98. The Hall–Kier alpha value is -0.870. The molecule has 1 aliphatic heterocycles. The quantitative estimate of drug-likeness (QED) is 0.767. The summed E-state index contributed by atoms with van der Waals surface area (Å²) in [4.78, 5) is 2.50. The number of hydrogen-bond donors (Lipinski definition) is 1. The van der Waals surface area contributed by atoms with Gasteiger partial charge in [0.2, 0.25) is 0 Å². The van der Waals surface area contributed by atoms with E-state index in [1.165, 1.54) is 31.4 Å². The maximum Gasteiger partial charge on any atom is 0.0552 e. The number of unbranched alkanes of at least 4 members (excludes halogenated alkanes) is 2. The number of aromatic nitrogens is 2. The first-order chi connectivity index (χ1) is 9.15. The van der Waals surface area contributed by atoms with Crippen molar-refractivity contribution >= 4 is 0 Å². The molecule has 1 aromatic rings. The van der Waals surface area contributed by atoms with E-state index in [-0.39, 0.29) is 6.10 Å². The second-order valence-corrected chi connectivity index (χ2v) is 5.93. The molecule has 2 heterocycles. The molecular weight excluding hydrogens is 238 g/mol. The van der Waals surface area contributed by atoms with E-state index in [9.17, 15) is 5.11 Å². The smallest absolute Gasteiger partial charge is 0.0552 e. The van der Waals surface area contributed by atoms with Crippen molar-refractivity contribution in [1.29, 1.82) is 0 Å². The van der Waals surface area contributed by atoms with Crippen LogP contribution in [0.4, 0.5) is 0 Å². The van der Waals surface area contributed by atoms with E-state index < -0.39 is 0 Å². The summed E-state index contributed by atoms with van der Waals surface area (Å²) in [6, 6.07) is 0. The lowest BCUT2D eigenvalue weighted by Gasteiger charge is -2.17. The van der Waals surface area contributed by atoms with E-state index >= 15 is 0 Å². The minimum absolute atomic E-state index is 0.145. The fourth-order valence-corrected chi connectivity index (χ4v) is 2.83. The summed E-state index contributed by atoms with van der Waals surface area (Å²) in [5.74, 6) is 0.493. The van der Waals surface area contributed by atoms with Gasteiger partial charge in [-0.2, -0.15) is 5.10 Å². The van der Waals surface area contributed by atoms with Gasteiger partial charge in [-0.1, -0.05) is 6.42 Å². The van der Waals surface area contributed by atoms with E-state index in [0.717, 1.165) is 26.1 Å². The van der Waals surface area contributed by atoms with E-state index in [4.69, 9.17) is 0 Å². The van der Waals surface area contributed by atoms with Crippen molar-refractivity contribution < 1.29 is 5.11 Å². The number of rotatable bonds is 7. The van der Waals surface area contributed by atoms with Crippen LogP contribution in [0.1, 0.15) is 38.2 Å². The van der Waals surface area contributed by atoms with Crippen molar-refractivity contribution in [1.82, 2.24) is 14.7 Å². The minimum Gasteiger partial charge on any atom is -0.393 e. The Balaban J connectivity index is 1.53. The van der Waals surface area contributed by atoms with Crippen molar-refractivity contribution in [2.24, 2.45) is 5.92 Å². The summed E-state index contributed by atoms with van der Waals surface area (Å²) < 4.78 is 2.04. The van der Waals surface area contributed by atoms with Crippen LogP contribution < -0.4 is 0 Å². The van der Waals surface area contributed by atoms with Crippen molar-refractivity contribution in [2.75, 3.05) is 19.6 Å². The lowest BCUT2D eigenvalue weighted by Crippen LogP contribution is -2.25. The maximum atomic E-state index is 9.57. The molecule has 4 heteroatoms. The van der Waals surface area contributed by atoms with Crippen molar-refractivity contribution in [3.8, 4) is 0 Å². The van der Waals surface area contributed by atoms with E-state index in [0.29, 0.717) is 5.92 Å². The van der Waals surface area contributed by atoms with E-state index in [1.807, 2.05) is 17.8 Å². The third-order valence-corrected chi connectivity index (χ3v) is 4.11. The molecule has 1 N–H and O–H groups in total. The van der Waals surface area contributed by atoms with Crippen molar-refractivity contribution in [3.63, 3.8) is 0 Å². The summed E-state index contributed by atoms with van der Waals surface area (Å²) in [6.07, 6.45) is 8.75. The standard InChI is InChI=1S/C15H27N3O/c1-13-10-16-18(11-13)8-5-3-4-7-17-9-6-15(12-17)14(2)19/h10-11,14-15,19H,3-9,12H2,1-2H3. The van der Waals surface area contributed by atoms with Crippen LogP contribution in [0.2, 0.25) is 0 Å². The molecule has 0 amide bonds. The lowest BCUT2D eigenvalue weighted by molar-refractivity contribution is 0.127. The topological polar surface area (TPSA) is 41.3 Å². The molecule has 0 aliphatic carbocycles. The predicted molar refractivity (Wildman–Crippen MR) is 77.0 cm³/mol. The van der Waals surface area contributed by atoms with Crippen LogP contribution in [-0.4, -0.2) is 45.5 Å². The first-order valence-corrected chi connectivity index (χ1v) is 7.54. The highest BCUT2D eigenvalue weighted by atomic mass is 16.3. The van der Waals surface area contributed by atoms with Crippen molar-refractivity contribution in [2.45, 2.75) is 52.2 Å². The molecule has 108 valence electrons. The van der Waals surface area contributed by atoms with Crippen LogP contribution in [0.5, 0.6) is 0 Å². The monoisotopic (exact) mass is 265 g/mol. The van der Waals surface area contributed by atoms with E-state index in [2.05, 4.69) is 23.1 Å². The normalized spacial score (nSPS) is 21.9. The SMILES string of the molecule is Cc1cnn(CCCCCN2CCC(C(C)O)C2)c1. The summed E-state index contributed by atoms with van der Waals surface area (Å²) in [7, 11) is 0. The predicted octanol–water partition coefficient (Wildman–Crippen LogP) is 2.06. The van der Waals surface area contributed by atoms with Gasteiger partial charge in [0.15, 0.2) is 0 Å². The Labute approximate surface area is 116 Å². The Morgan fingerprint density at radius 1 is 1.37 bits per heavy atom. The first kappa shape index (κ1) is 14.5. The van der Waals surface area contributed by atoms with E-state index in [1.54, 1.807) is 0 Å². The summed E-state index contributed by atoms with van der Waals surface area (Å²) in [5.41, 5.74) is 1.24. The first-order valence-electron chi connectivity index (χ1n) is 7.54. The molecule has 0 radical (unpaired) electrons. The fourth-order valence-electron chi connectivity index (χ4n) is 2.83. The number of aliphatic hydroxyl groups excluding tert-OH is 1. The highest BCUT2D eigenvalue weighted by molar-refractivity contribution is 4.99. The third-order valence-electron chi connectivity index (χ3n) is 4.11. The molecule has 19 heavy (non-hydrogen) atoms. The van der Waals surface area contributed by atoms with Gasteiger partial charge >= 0.3 is 0 Å². The summed E-state index contributed by atoms with van der Waals surface area (Å²) in [5, 5.41) is 13.9. The van der Waals surface area contributed by atoms with Crippen molar-refractivity contribution in [3.05, 3.63) is 18.0 Å². The molecule has 1 fully saturated rings. The molecule has 1 aliphatic rings. The average molecular weight is 265 g/mol. The molecule has 4 nitrogen and oxygen atoms in total. The van der Waals surface area contributed by atoms with Gasteiger partial charge in [0.05, 0.1) is 12.3 Å². The number of aryl methyl sites for hydroxylation is 2. The Morgan fingerprint density at radius 2 is 2.16 bits per heavy atom. The molecule has 0 bridgehead atoms. The highest BCUT2D eigenvalue weighted by Gasteiger charge is 2.25.